The highest BCUT2D eigenvalue weighted by atomic mass is 35.5. The molecule has 2 atom stereocenters. The second-order valence-electron chi connectivity index (χ2n) is 7.84. The minimum Gasteiger partial charge on any atom is -0.352 e. The summed E-state index contributed by atoms with van der Waals surface area (Å²) in [6.45, 7) is 4.14. The molecule has 1 aliphatic heterocycles. The summed E-state index contributed by atoms with van der Waals surface area (Å²) in [6, 6.07) is 13.8. The van der Waals surface area contributed by atoms with E-state index in [4.69, 9.17) is 11.6 Å². The second-order valence-corrected chi connectivity index (χ2v) is 9.16. The summed E-state index contributed by atoms with van der Waals surface area (Å²) in [5.41, 5.74) is 2.85. The average molecular weight is 442 g/mol. The molecule has 0 saturated carbocycles. The van der Waals surface area contributed by atoms with Gasteiger partial charge in [-0.1, -0.05) is 49.7 Å². The van der Waals surface area contributed by atoms with Crippen molar-refractivity contribution in [3.63, 3.8) is 0 Å². The summed E-state index contributed by atoms with van der Waals surface area (Å²) < 4.78 is 1.19. The van der Waals surface area contributed by atoms with Crippen molar-refractivity contribution >= 4 is 44.8 Å². The molecule has 0 bridgehead atoms. The lowest BCUT2D eigenvalue weighted by molar-refractivity contribution is -0.125. The summed E-state index contributed by atoms with van der Waals surface area (Å²) in [6.07, 6.45) is -0.0327. The molecule has 2 amide bonds. The molecule has 156 valence electrons. The largest absolute Gasteiger partial charge is 0.352 e. The molecule has 4 rings (SSSR count). The molecule has 5 nitrogen and oxygen atoms in total. The number of carbonyl (C=O) groups excluding carboxylic acids is 2. The second kappa shape index (κ2) is 8.76. The van der Waals surface area contributed by atoms with Crippen molar-refractivity contribution in [2.24, 2.45) is 5.92 Å². The van der Waals surface area contributed by atoms with E-state index in [1.54, 1.807) is 11.3 Å². The molecule has 1 fully saturated rings. The number of hydrogen-bond donors (Lipinski definition) is 3. The molecule has 2 unspecified atom stereocenters. The van der Waals surface area contributed by atoms with Gasteiger partial charge in [-0.2, -0.15) is 0 Å². The Morgan fingerprint density at radius 3 is 2.87 bits per heavy atom. The van der Waals surface area contributed by atoms with E-state index in [1.807, 2.05) is 38.1 Å². The fraction of sp³-hybridized carbons (Fsp3) is 0.304. The summed E-state index contributed by atoms with van der Waals surface area (Å²) in [5, 5.41) is 13.3. The van der Waals surface area contributed by atoms with Crippen molar-refractivity contribution in [2.75, 3.05) is 0 Å². The Kier molecular flexibility index (Phi) is 6.09. The third-order valence-corrected chi connectivity index (χ3v) is 6.63. The smallest absolute Gasteiger partial charge is 0.223 e. The molecule has 0 spiro atoms. The molecule has 0 aliphatic carbocycles. The number of nitrogens with one attached hydrogen (secondary N) is 3. The zero-order valence-electron chi connectivity index (χ0n) is 16.9. The molecule has 2 aromatic carbocycles. The van der Waals surface area contributed by atoms with Crippen molar-refractivity contribution < 1.29 is 9.59 Å². The van der Waals surface area contributed by atoms with E-state index >= 15 is 0 Å². The van der Waals surface area contributed by atoms with Gasteiger partial charge in [0.25, 0.3) is 0 Å². The molecule has 30 heavy (non-hydrogen) atoms. The predicted octanol–water partition coefficient (Wildman–Crippen LogP) is 4.68. The summed E-state index contributed by atoms with van der Waals surface area (Å²) >= 11 is 8.17. The Balaban J connectivity index is 1.59. The van der Waals surface area contributed by atoms with Crippen LogP contribution in [0, 0.1) is 5.92 Å². The molecular formula is C23H24ClN3O2S. The van der Waals surface area contributed by atoms with Crippen molar-refractivity contribution in [2.45, 2.75) is 39.0 Å². The topological polar surface area (TPSA) is 70.2 Å². The van der Waals surface area contributed by atoms with Crippen LogP contribution in [0.5, 0.6) is 0 Å². The molecule has 3 aromatic rings. The molecule has 1 saturated heterocycles. The van der Waals surface area contributed by atoms with Gasteiger partial charge in [0.2, 0.25) is 11.8 Å². The van der Waals surface area contributed by atoms with Crippen LogP contribution in [0.1, 0.15) is 49.2 Å². The standard InChI is InChI=1S/C23H24ClN3O2S/c1-13(2)23(29)25-12-14-6-7-18(24)17(10-14)22-26-19(11-20(28)27-22)16-5-3-4-15-8-9-30-21(15)16/h3-10,13,19,22,26H,11-12H2,1-2H3,(H,25,29)(H,27,28). The van der Waals surface area contributed by atoms with E-state index in [9.17, 15) is 9.59 Å². The molecule has 0 radical (unpaired) electrons. The van der Waals surface area contributed by atoms with Crippen molar-refractivity contribution in [1.82, 2.24) is 16.0 Å². The van der Waals surface area contributed by atoms with Crippen LogP contribution in [0.2, 0.25) is 5.02 Å². The van der Waals surface area contributed by atoms with Crippen LogP contribution < -0.4 is 16.0 Å². The van der Waals surface area contributed by atoms with Crippen LogP contribution in [-0.4, -0.2) is 11.8 Å². The molecule has 2 heterocycles. The predicted molar refractivity (Wildman–Crippen MR) is 121 cm³/mol. The maximum atomic E-state index is 12.5. The lowest BCUT2D eigenvalue weighted by Gasteiger charge is -2.33. The van der Waals surface area contributed by atoms with Gasteiger partial charge in [0.15, 0.2) is 0 Å². The first kappa shape index (κ1) is 20.8. The Labute approximate surface area is 184 Å². The Morgan fingerprint density at radius 2 is 2.07 bits per heavy atom. The Hall–Kier alpha value is -2.41. The third kappa shape index (κ3) is 4.36. The number of carbonyl (C=O) groups is 2. The number of thiophene rings is 1. The minimum absolute atomic E-state index is 0.000277. The van der Waals surface area contributed by atoms with Gasteiger partial charge >= 0.3 is 0 Å². The summed E-state index contributed by atoms with van der Waals surface area (Å²) in [7, 11) is 0. The number of fused-ring (bicyclic) bond motifs is 1. The first-order chi connectivity index (χ1) is 14.4. The highest BCUT2D eigenvalue weighted by Gasteiger charge is 2.30. The number of hydrogen-bond acceptors (Lipinski definition) is 4. The zero-order valence-corrected chi connectivity index (χ0v) is 18.4. The fourth-order valence-corrected chi connectivity index (χ4v) is 4.88. The van der Waals surface area contributed by atoms with Crippen molar-refractivity contribution in [1.29, 1.82) is 0 Å². The third-order valence-electron chi connectivity index (χ3n) is 5.31. The van der Waals surface area contributed by atoms with Crippen LogP contribution in [0.25, 0.3) is 10.1 Å². The quantitative estimate of drug-likeness (QED) is 0.538. The summed E-state index contributed by atoms with van der Waals surface area (Å²) in [4.78, 5) is 24.4. The van der Waals surface area contributed by atoms with Gasteiger partial charge in [-0.15, -0.1) is 11.3 Å². The maximum absolute atomic E-state index is 12.5. The number of halogens is 1. The van der Waals surface area contributed by atoms with Gasteiger partial charge in [0, 0.05) is 40.2 Å². The van der Waals surface area contributed by atoms with Crippen molar-refractivity contribution in [3.8, 4) is 0 Å². The normalized spacial score (nSPS) is 19.1. The number of rotatable bonds is 5. The Morgan fingerprint density at radius 1 is 1.23 bits per heavy atom. The number of amides is 2. The molecule has 1 aliphatic rings. The van der Waals surface area contributed by atoms with Crippen molar-refractivity contribution in [3.05, 3.63) is 69.6 Å². The van der Waals surface area contributed by atoms with E-state index in [0.717, 1.165) is 16.7 Å². The first-order valence-electron chi connectivity index (χ1n) is 10.00. The van der Waals surface area contributed by atoms with Gasteiger partial charge < -0.3 is 10.6 Å². The van der Waals surface area contributed by atoms with Gasteiger partial charge in [0.05, 0.1) is 0 Å². The van der Waals surface area contributed by atoms with Gasteiger partial charge in [-0.3, -0.25) is 14.9 Å². The van der Waals surface area contributed by atoms with Gasteiger partial charge in [0.1, 0.15) is 6.17 Å². The minimum atomic E-state index is -0.403. The maximum Gasteiger partial charge on any atom is 0.223 e. The van der Waals surface area contributed by atoms with Crippen LogP contribution in [0.4, 0.5) is 0 Å². The lowest BCUT2D eigenvalue weighted by atomic mass is 9.97. The van der Waals surface area contributed by atoms with E-state index in [-0.39, 0.29) is 23.8 Å². The van der Waals surface area contributed by atoms with E-state index in [1.165, 1.54) is 10.1 Å². The van der Waals surface area contributed by atoms with Gasteiger partial charge in [-0.05, 0) is 40.1 Å². The fourth-order valence-electron chi connectivity index (χ4n) is 3.68. The van der Waals surface area contributed by atoms with E-state index in [2.05, 4.69) is 39.5 Å². The SMILES string of the molecule is CC(C)C(=O)NCc1ccc(Cl)c(C2NC(=O)CC(c3cccc4ccsc34)N2)c1. The van der Waals surface area contributed by atoms with Crippen LogP contribution in [0.3, 0.4) is 0 Å². The molecule has 1 aromatic heterocycles. The summed E-state index contributed by atoms with van der Waals surface area (Å²) in [5.74, 6) is -0.0941. The highest BCUT2D eigenvalue weighted by Crippen LogP contribution is 2.34. The highest BCUT2D eigenvalue weighted by molar-refractivity contribution is 7.17. The Bertz CT molecular complexity index is 1090. The molecule has 3 N–H and O–H groups in total. The number of benzene rings is 2. The first-order valence-corrected chi connectivity index (χ1v) is 11.3. The lowest BCUT2D eigenvalue weighted by Crippen LogP contribution is -2.46. The molecular weight excluding hydrogens is 418 g/mol. The average Bonchev–Trinajstić information content (AvgIpc) is 3.21. The van der Waals surface area contributed by atoms with Crippen LogP contribution in [0.15, 0.2) is 47.8 Å². The van der Waals surface area contributed by atoms with E-state index in [0.29, 0.717) is 18.0 Å². The van der Waals surface area contributed by atoms with Crippen LogP contribution >= 0.6 is 22.9 Å². The zero-order chi connectivity index (χ0) is 21.3. The van der Waals surface area contributed by atoms with Crippen LogP contribution in [-0.2, 0) is 16.1 Å². The molecule has 7 heteroatoms. The van der Waals surface area contributed by atoms with E-state index < -0.39 is 6.17 Å². The van der Waals surface area contributed by atoms with Gasteiger partial charge in [-0.25, -0.2) is 0 Å². The monoisotopic (exact) mass is 441 g/mol.